The first-order valence-electron chi connectivity index (χ1n) is 5.72. The highest BCUT2D eigenvalue weighted by Crippen LogP contribution is 2.29. The zero-order valence-electron chi connectivity index (χ0n) is 10.5. The molecule has 0 bridgehead atoms. The first kappa shape index (κ1) is 13.4. The number of aromatic hydroxyl groups is 1. The number of halogens is 1. The standard InChI is InChI=1S/C13H13ClN2O3/c1-3-8-12(17)15-11(16-13(8)18)7-4-5-10(19-2)9(14)6-7/h4-6H,3H2,1-2H3,(H2,15,16,17,18). The fraction of sp³-hybridized carbons (Fsp3) is 0.231. The van der Waals surface area contributed by atoms with Crippen molar-refractivity contribution in [3.63, 3.8) is 0 Å². The number of hydrogen-bond acceptors (Lipinski definition) is 4. The largest absolute Gasteiger partial charge is 0.495 e. The van der Waals surface area contributed by atoms with Crippen LogP contribution in [0, 0.1) is 0 Å². The van der Waals surface area contributed by atoms with Gasteiger partial charge in [-0.2, -0.15) is 4.98 Å². The van der Waals surface area contributed by atoms with Gasteiger partial charge in [0.2, 0.25) is 5.88 Å². The number of benzene rings is 1. The Hall–Kier alpha value is -2.01. The fourth-order valence-corrected chi connectivity index (χ4v) is 2.01. The number of aromatic nitrogens is 2. The summed E-state index contributed by atoms with van der Waals surface area (Å²) in [5.74, 6) is 0.541. The van der Waals surface area contributed by atoms with Gasteiger partial charge in [-0.1, -0.05) is 18.5 Å². The van der Waals surface area contributed by atoms with Gasteiger partial charge in [0.15, 0.2) is 0 Å². The minimum absolute atomic E-state index is 0.256. The molecule has 2 aromatic rings. The predicted molar refractivity (Wildman–Crippen MR) is 72.9 cm³/mol. The van der Waals surface area contributed by atoms with Gasteiger partial charge >= 0.3 is 0 Å². The zero-order chi connectivity index (χ0) is 14.0. The minimum Gasteiger partial charge on any atom is -0.495 e. The molecule has 0 aliphatic carbocycles. The molecule has 0 unspecified atom stereocenters. The molecule has 100 valence electrons. The lowest BCUT2D eigenvalue weighted by molar-refractivity contribution is 0.415. The van der Waals surface area contributed by atoms with Gasteiger partial charge in [0.1, 0.15) is 11.6 Å². The number of nitrogens with zero attached hydrogens (tertiary/aromatic N) is 1. The van der Waals surface area contributed by atoms with Crippen molar-refractivity contribution >= 4 is 11.6 Å². The van der Waals surface area contributed by atoms with Crippen LogP contribution in [-0.4, -0.2) is 22.2 Å². The van der Waals surface area contributed by atoms with Crippen molar-refractivity contribution in [3.05, 3.63) is 39.1 Å². The van der Waals surface area contributed by atoms with Crippen LogP contribution in [0.15, 0.2) is 23.0 Å². The van der Waals surface area contributed by atoms with E-state index in [0.717, 1.165) is 0 Å². The van der Waals surface area contributed by atoms with E-state index in [1.807, 2.05) is 0 Å². The number of ether oxygens (including phenoxy) is 1. The number of hydrogen-bond donors (Lipinski definition) is 2. The molecule has 6 heteroatoms. The average molecular weight is 281 g/mol. The van der Waals surface area contributed by atoms with Crippen LogP contribution in [0.1, 0.15) is 12.5 Å². The lowest BCUT2D eigenvalue weighted by Gasteiger charge is -2.07. The van der Waals surface area contributed by atoms with Crippen LogP contribution in [-0.2, 0) is 6.42 Å². The molecule has 0 atom stereocenters. The first-order chi connectivity index (χ1) is 9.06. The predicted octanol–water partition coefficient (Wildman–Crippen LogP) is 2.37. The molecule has 0 aliphatic heterocycles. The third kappa shape index (κ3) is 2.56. The Labute approximate surface area is 114 Å². The Balaban J connectivity index is 2.54. The van der Waals surface area contributed by atoms with Crippen molar-refractivity contribution in [1.29, 1.82) is 0 Å². The maximum absolute atomic E-state index is 11.8. The SMILES string of the molecule is CCc1c(O)nc(-c2ccc(OC)c(Cl)c2)[nH]c1=O. The molecular weight excluding hydrogens is 268 g/mol. The Kier molecular flexibility index (Phi) is 3.76. The third-order valence-corrected chi connectivity index (χ3v) is 3.07. The molecule has 0 spiro atoms. The second-order valence-corrected chi connectivity index (χ2v) is 4.33. The van der Waals surface area contributed by atoms with Crippen molar-refractivity contribution < 1.29 is 9.84 Å². The molecule has 0 saturated carbocycles. The Morgan fingerprint density at radius 1 is 1.47 bits per heavy atom. The molecule has 5 nitrogen and oxygen atoms in total. The van der Waals surface area contributed by atoms with Crippen molar-refractivity contribution in [2.75, 3.05) is 7.11 Å². The van der Waals surface area contributed by atoms with E-state index >= 15 is 0 Å². The van der Waals surface area contributed by atoms with Gasteiger partial charge in [-0.05, 0) is 24.6 Å². The smallest absolute Gasteiger partial charge is 0.258 e. The first-order valence-corrected chi connectivity index (χ1v) is 6.10. The van der Waals surface area contributed by atoms with Crippen LogP contribution in [0.5, 0.6) is 11.6 Å². The van der Waals surface area contributed by atoms with E-state index in [2.05, 4.69) is 9.97 Å². The maximum atomic E-state index is 11.8. The molecule has 0 fully saturated rings. The summed E-state index contributed by atoms with van der Waals surface area (Å²) in [6.45, 7) is 1.77. The third-order valence-electron chi connectivity index (χ3n) is 2.77. The summed E-state index contributed by atoms with van der Waals surface area (Å²) in [7, 11) is 1.52. The number of H-pyrrole nitrogens is 1. The normalized spacial score (nSPS) is 10.5. The Bertz CT molecular complexity index is 667. The lowest BCUT2D eigenvalue weighted by Crippen LogP contribution is -2.14. The summed E-state index contributed by atoms with van der Waals surface area (Å²) < 4.78 is 5.05. The zero-order valence-corrected chi connectivity index (χ0v) is 11.3. The van der Waals surface area contributed by atoms with E-state index in [0.29, 0.717) is 22.8 Å². The summed E-state index contributed by atoms with van der Waals surface area (Å²) in [6.07, 6.45) is 0.414. The van der Waals surface area contributed by atoms with Crippen LogP contribution in [0.3, 0.4) is 0 Å². The number of nitrogens with one attached hydrogen (secondary N) is 1. The molecular formula is C13H13ClN2O3. The molecule has 2 N–H and O–H groups in total. The average Bonchev–Trinajstić information content (AvgIpc) is 2.38. The van der Waals surface area contributed by atoms with Crippen LogP contribution in [0.25, 0.3) is 11.4 Å². The quantitative estimate of drug-likeness (QED) is 0.905. The number of rotatable bonds is 3. The van der Waals surface area contributed by atoms with Gasteiger partial charge in [-0.3, -0.25) is 4.79 Å². The van der Waals surface area contributed by atoms with Crippen LogP contribution in [0.4, 0.5) is 0 Å². The number of methoxy groups -OCH3 is 1. The van der Waals surface area contributed by atoms with E-state index in [-0.39, 0.29) is 22.8 Å². The van der Waals surface area contributed by atoms with Crippen molar-refractivity contribution in [2.45, 2.75) is 13.3 Å². The topological polar surface area (TPSA) is 75.2 Å². The minimum atomic E-state index is -0.350. The lowest BCUT2D eigenvalue weighted by atomic mass is 10.2. The van der Waals surface area contributed by atoms with Crippen molar-refractivity contribution in [3.8, 4) is 23.0 Å². The molecule has 0 aliphatic rings. The molecule has 1 aromatic carbocycles. The number of aromatic amines is 1. The van der Waals surface area contributed by atoms with Gasteiger partial charge in [0, 0.05) is 5.56 Å². The highest BCUT2D eigenvalue weighted by atomic mass is 35.5. The van der Waals surface area contributed by atoms with Crippen molar-refractivity contribution in [1.82, 2.24) is 9.97 Å². The Morgan fingerprint density at radius 2 is 2.21 bits per heavy atom. The molecule has 1 aromatic heterocycles. The molecule has 19 heavy (non-hydrogen) atoms. The molecule has 0 amide bonds. The van der Waals surface area contributed by atoms with Crippen LogP contribution < -0.4 is 10.3 Å². The van der Waals surface area contributed by atoms with E-state index < -0.39 is 0 Å². The van der Waals surface area contributed by atoms with Gasteiger partial charge in [0.25, 0.3) is 5.56 Å². The monoisotopic (exact) mass is 280 g/mol. The van der Waals surface area contributed by atoms with E-state index in [4.69, 9.17) is 16.3 Å². The summed E-state index contributed by atoms with van der Waals surface area (Å²) in [5, 5.41) is 10.1. The fourth-order valence-electron chi connectivity index (χ4n) is 1.75. The van der Waals surface area contributed by atoms with E-state index in [9.17, 15) is 9.90 Å². The molecule has 0 radical (unpaired) electrons. The van der Waals surface area contributed by atoms with Crippen LogP contribution >= 0.6 is 11.6 Å². The second kappa shape index (κ2) is 5.32. The summed E-state index contributed by atoms with van der Waals surface area (Å²) in [5.41, 5.74) is 0.515. The van der Waals surface area contributed by atoms with Crippen LogP contribution in [0.2, 0.25) is 5.02 Å². The van der Waals surface area contributed by atoms with E-state index in [1.54, 1.807) is 25.1 Å². The maximum Gasteiger partial charge on any atom is 0.258 e. The van der Waals surface area contributed by atoms with Gasteiger partial charge in [0.05, 0.1) is 17.7 Å². The van der Waals surface area contributed by atoms with E-state index in [1.165, 1.54) is 7.11 Å². The second-order valence-electron chi connectivity index (χ2n) is 3.92. The van der Waals surface area contributed by atoms with Gasteiger partial charge < -0.3 is 14.8 Å². The summed E-state index contributed by atoms with van der Waals surface area (Å²) in [6, 6.07) is 4.99. The molecule has 0 saturated heterocycles. The Morgan fingerprint density at radius 3 is 2.74 bits per heavy atom. The molecule has 1 heterocycles. The van der Waals surface area contributed by atoms with Gasteiger partial charge in [-0.25, -0.2) is 0 Å². The summed E-state index contributed by atoms with van der Waals surface area (Å²) in [4.78, 5) is 18.4. The molecule has 2 rings (SSSR count). The highest BCUT2D eigenvalue weighted by Gasteiger charge is 2.11. The summed E-state index contributed by atoms with van der Waals surface area (Å²) >= 11 is 6.01. The highest BCUT2D eigenvalue weighted by molar-refractivity contribution is 6.32. The van der Waals surface area contributed by atoms with Crippen molar-refractivity contribution in [2.24, 2.45) is 0 Å². The van der Waals surface area contributed by atoms with Gasteiger partial charge in [-0.15, -0.1) is 0 Å².